The molecule has 4 rings (SSSR count). The lowest BCUT2D eigenvalue weighted by Crippen LogP contribution is -2.04. The zero-order valence-corrected chi connectivity index (χ0v) is 16.2. The van der Waals surface area contributed by atoms with E-state index < -0.39 is 0 Å². The van der Waals surface area contributed by atoms with Crippen LogP contribution in [-0.2, 0) is 17.9 Å². The van der Waals surface area contributed by atoms with Crippen LogP contribution in [0, 0.1) is 11.3 Å². The van der Waals surface area contributed by atoms with E-state index in [9.17, 15) is 0 Å². The molecular formula is C21H18N8O. The second-order valence-electron chi connectivity index (χ2n) is 6.54. The van der Waals surface area contributed by atoms with Crippen molar-refractivity contribution in [3.63, 3.8) is 0 Å². The van der Waals surface area contributed by atoms with Gasteiger partial charge in [-0.3, -0.25) is 4.98 Å². The van der Waals surface area contributed by atoms with E-state index in [1.807, 2.05) is 24.3 Å². The second kappa shape index (κ2) is 8.46. The van der Waals surface area contributed by atoms with Crippen molar-refractivity contribution < 1.29 is 4.74 Å². The highest BCUT2D eigenvalue weighted by Crippen LogP contribution is 2.24. The topological polar surface area (TPSA) is 128 Å². The number of ether oxygens (including phenoxy) is 1. The summed E-state index contributed by atoms with van der Waals surface area (Å²) in [5, 5.41) is 17.5. The number of rotatable bonds is 6. The number of nitriles is 1. The van der Waals surface area contributed by atoms with Crippen LogP contribution < -0.4 is 5.73 Å². The van der Waals surface area contributed by atoms with Crippen molar-refractivity contribution in [2.24, 2.45) is 0 Å². The van der Waals surface area contributed by atoms with Crippen LogP contribution in [0.4, 0.5) is 5.95 Å². The minimum atomic E-state index is 0.119. The van der Waals surface area contributed by atoms with E-state index in [0.717, 1.165) is 17.0 Å². The summed E-state index contributed by atoms with van der Waals surface area (Å²) in [6.45, 7) is 0.911. The highest BCUT2D eigenvalue weighted by Gasteiger charge is 2.11. The minimum absolute atomic E-state index is 0.119. The Kier molecular flexibility index (Phi) is 5.41. The van der Waals surface area contributed by atoms with Crippen LogP contribution in [0.15, 0.2) is 54.7 Å². The molecule has 3 heterocycles. The Balaban J connectivity index is 1.61. The van der Waals surface area contributed by atoms with Crippen LogP contribution in [0.2, 0.25) is 0 Å². The average molecular weight is 398 g/mol. The fourth-order valence-electron chi connectivity index (χ4n) is 3.00. The number of nitrogens with zero attached hydrogens (tertiary/aromatic N) is 7. The Morgan fingerprint density at radius 1 is 1.00 bits per heavy atom. The summed E-state index contributed by atoms with van der Waals surface area (Å²) in [4.78, 5) is 13.1. The lowest BCUT2D eigenvalue weighted by atomic mass is 10.1. The molecule has 0 atom stereocenters. The van der Waals surface area contributed by atoms with Crippen molar-refractivity contribution in [3.8, 4) is 28.7 Å². The van der Waals surface area contributed by atoms with Crippen LogP contribution in [0.5, 0.6) is 0 Å². The molecule has 30 heavy (non-hydrogen) atoms. The molecule has 9 nitrogen and oxygen atoms in total. The van der Waals surface area contributed by atoms with E-state index in [0.29, 0.717) is 35.8 Å². The monoisotopic (exact) mass is 398 g/mol. The molecule has 0 spiro atoms. The van der Waals surface area contributed by atoms with E-state index in [1.54, 1.807) is 42.3 Å². The molecule has 4 aromatic rings. The van der Waals surface area contributed by atoms with Gasteiger partial charge in [0.1, 0.15) is 5.69 Å². The first-order valence-corrected chi connectivity index (χ1v) is 9.14. The molecule has 0 saturated carbocycles. The first-order chi connectivity index (χ1) is 14.6. The predicted molar refractivity (Wildman–Crippen MR) is 110 cm³/mol. The van der Waals surface area contributed by atoms with E-state index in [1.165, 1.54) is 0 Å². The molecule has 148 valence electrons. The number of hydrogen-bond donors (Lipinski definition) is 1. The SMILES string of the molecule is COCc1cccc(Cn2cc(-c3cc(-c4cccc(C#N)c4)nc(N)n3)nn2)n1. The first kappa shape index (κ1) is 19.2. The third-order valence-electron chi connectivity index (χ3n) is 4.31. The van der Waals surface area contributed by atoms with Crippen molar-refractivity contribution in [1.29, 1.82) is 5.26 Å². The van der Waals surface area contributed by atoms with Crippen molar-refractivity contribution in [2.45, 2.75) is 13.2 Å². The van der Waals surface area contributed by atoms with Crippen LogP contribution in [0.1, 0.15) is 17.0 Å². The molecule has 0 fully saturated rings. The molecule has 1 aromatic carbocycles. The van der Waals surface area contributed by atoms with Crippen LogP contribution in [-0.4, -0.2) is 37.1 Å². The summed E-state index contributed by atoms with van der Waals surface area (Å²) >= 11 is 0. The van der Waals surface area contributed by atoms with Gasteiger partial charge in [0.2, 0.25) is 5.95 Å². The molecule has 9 heteroatoms. The molecule has 0 saturated heterocycles. The van der Waals surface area contributed by atoms with Gasteiger partial charge in [-0.05, 0) is 30.3 Å². The van der Waals surface area contributed by atoms with Gasteiger partial charge in [0.25, 0.3) is 0 Å². The van der Waals surface area contributed by atoms with Gasteiger partial charge in [0.15, 0.2) is 0 Å². The van der Waals surface area contributed by atoms with Crippen molar-refractivity contribution >= 4 is 5.95 Å². The summed E-state index contributed by atoms with van der Waals surface area (Å²) in [6.07, 6.45) is 1.78. The van der Waals surface area contributed by atoms with E-state index in [-0.39, 0.29) is 5.95 Å². The quantitative estimate of drug-likeness (QED) is 0.524. The number of benzene rings is 1. The minimum Gasteiger partial charge on any atom is -0.378 e. The van der Waals surface area contributed by atoms with Gasteiger partial charge in [0.05, 0.1) is 53.8 Å². The third kappa shape index (κ3) is 4.29. The standard InChI is InChI=1S/C21H18N8O/c1-30-13-17-7-3-6-16(24-17)11-29-12-20(27-28-29)19-9-18(25-21(23)26-19)15-5-2-4-14(8-15)10-22/h2-9,12H,11,13H2,1H3,(H2,23,25,26). The van der Waals surface area contributed by atoms with Gasteiger partial charge in [-0.2, -0.15) is 5.26 Å². The molecule has 0 amide bonds. The zero-order valence-electron chi connectivity index (χ0n) is 16.2. The van der Waals surface area contributed by atoms with Crippen LogP contribution in [0.3, 0.4) is 0 Å². The molecular weight excluding hydrogens is 380 g/mol. The number of aromatic nitrogens is 6. The van der Waals surface area contributed by atoms with Crippen LogP contribution >= 0.6 is 0 Å². The summed E-state index contributed by atoms with van der Waals surface area (Å²) < 4.78 is 6.81. The van der Waals surface area contributed by atoms with E-state index in [4.69, 9.17) is 15.7 Å². The van der Waals surface area contributed by atoms with Gasteiger partial charge in [-0.15, -0.1) is 5.10 Å². The summed E-state index contributed by atoms with van der Waals surface area (Å²) in [5.41, 5.74) is 10.6. The largest absolute Gasteiger partial charge is 0.378 e. The van der Waals surface area contributed by atoms with Gasteiger partial charge in [0, 0.05) is 12.7 Å². The molecule has 0 bridgehead atoms. The maximum absolute atomic E-state index is 9.13. The van der Waals surface area contributed by atoms with Gasteiger partial charge in [-0.1, -0.05) is 23.4 Å². The highest BCUT2D eigenvalue weighted by molar-refractivity contribution is 5.68. The molecule has 0 aliphatic heterocycles. The summed E-state index contributed by atoms with van der Waals surface area (Å²) in [7, 11) is 1.64. The Labute approximate surface area is 172 Å². The Morgan fingerprint density at radius 3 is 2.63 bits per heavy atom. The Morgan fingerprint density at radius 2 is 1.80 bits per heavy atom. The zero-order chi connectivity index (χ0) is 20.9. The fraction of sp³-hybridized carbons (Fsp3) is 0.143. The number of nitrogen functional groups attached to an aromatic ring is 1. The van der Waals surface area contributed by atoms with Crippen molar-refractivity contribution in [2.75, 3.05) is 12.8 Å². The molecule has 0 radical (unpaired) electrons. The van der Waals surface area contributed by atoms with E-state index >= 15 is 0 Å². The van der Waals surface area contributed by atoms with E-state index in [2.05, 4.69) is 31.3 Å². The Bertz CT molecular complexity index is 1230. The number of hydrogen-bond acceptors (Lipinski definition) is 8. The number of methoxy groups -OCH3 is 1. The summed E-state index contributed by atoms with van der Waals surface area (Å²) in [5.74, 6) is 0.119. The molecule has 0 aliphatic rings. The molecule has 3 aromatic heterocycles. The van der Waals surface area contributed by atoms with Gasteiger partial charge >= 0.3 is 0 Å². The highest BCUT2D eigenvalue weighted by atomic mass is 16.5. The smallest absolute Gasteiger partial charge is 0.221 e. The number of nitrogens with two attached hydrogens (primary N) is 1. The summed E-state index contributed by atoms with van der Waals surface area (Å²) in [6, 6.07) is 16.8. The number of pyridine rings is 1. The average Bonchev–Trinajstić information content (AvgIpc) is 3.22. The maximum atomic E-state index is 9.13. The fourth-order valence-corrected chi connectivity index (χ4v) is 3.00. The lowest BCUT2D eigenvalue weighted by Gasteiger charge is -2.05. The first-order valence-electron chi connectivity index (χ1n) is 9.14. The van der Waals surface area contributed by atoms with Gasteiger partial charge < -0.3 is 10.5 Å². The lowest BCUT2D eigenvalue weighted by molar-refractivity contribution is 0.181. The normalized spacial score (nSPS) is 10.7. The maximum Gasteiger partial charge on any atom is 0.221 e. The van der Waals surface area contributed by atoms with Gasteiger partial charge in [-0.25, -0.2) is 14.6 Å². The third-order valence-corrected chi connectivity index (χ3v) is 4.31. The second-order valence-corrected chi connectivity index (χ2v) is 6.54. The molecule has 0 aliphatic carbocycles. The number of anilines is 1. The molecule has 0 unspecified atom stereocenters. The molecule has 2 N–H and O–H groups in total. The van der Waals surface area contributed by atoms with Crippen LogP contribution in [0.25, 0.3) is 22.6 Å². The van der Waals surface area contributed by atoms with Crippen molar-refractivity contribution in [1.82, 2.24) is 29.9 Å². The predicted octanol–water partition coefficient (Wildman–Crippen LogP) is 2.45. The Hall–Kier alpha value is -4.16. The van der Waals surface area contributed by atoms with Crippen molar-refractivity contribution in [3.05, 3.63) is 71.7 Å².